The van der Waals surface area contributed by atoms with E-state index < -0.39 is 28.1 Å². The molecule has 2 aliphatic heterocycles. The molecule has 34 heavy (non-hydrogen) atoms. The Morgan fingerprint density at radius 2 is 1.74 bits per heavy atom. The van der Waals surface area contributed by atoms with Crippen LogP contribution in [0.5, 0.6) is 0 Å². The van der Waals surface area contributed by atoms with E-state index in [0.717, 1.165) is 26.1 Å². The van der Waals surface area contributed by atoms with E-state index >= 15 is 0 Å². The Labute approximate surface area is 196 Å². The monoisotopic (exact) mass is 509 g/mol. The van der Waals surface area contributed by atoms with Crippen LogP contribution in [-0.4, -0.2) is 80.1 Å². The Morgan fingerprint density at radius 3 is 2.26 bits per heavy atom. The van der Waals surface area contributed by atoms with Gasteiger partial charge in [0, 0.05) is 25.3 Å². The number of aromatic carboxylic acids is 1. The van der Waals surface area contributed by atoms with Crippen molar-refractivity contribution in [3.8, 4) is 0 Å². The van der Waals surface area contributed by atoms with Crippen LogP contribution in [0.4, 0.5) is 24.5 Å². The summed E-state index contributed by atoms with van der Waals surface area (Å²) in [7, 11) is -3.44. The summed E-state index contributed by atoms with van der Waals surface area (Å²) in [5, 5.41) is 16.8. The second-order valence-electron chi connectivity index (χ2n) is 8.31. The maximum atomic E-state index is 11.8. The third kappa shape index (κ3) is 8.35. The minimum absolute atomic E-state index is 0.0541. The van der Waals surface area contributed by atoms with Gasteiger partial charge in [-0.3, -0.25) is 4.72 Å². The fraction of sp³-hybridized carbons (Fsp3) is 0.619. The van der Waals surface area contributed by atoms with Crippen molar-refractivity contribution in [3.63, 3.8) is 0 Å². The van der Waals surface area contributed by atoms with E-state index in [4.69, 9.17) is 9.90 Å². The number of sulfonamides is 1. The van der Waals surface area contributed by atoms with Gasteiger partial charge in [-0.05, 0) is 69.8 Å². The third-order valence-corrected chi connectivity index (χ3v) is 7.00. The highest BCUT2D eigenvalue weighted by Crippen LogP contribution is 2.30. The van der Waals surface area contributed by atoms with Crippen LogP contribution in [0.2, 0.25) is 0 Å². The Balaban J connectivity index is 0.000000509. The van der Waals surface area contributed by atoms with Crippen LogP contribution in [0.3, 0.4) is 0 Å². The summed E-state index contributed by atoms with van der Waals surface area (Å²) in [5.41, 5.74) is 1.12. The molecule has 0 amide bonds. The van der Waals surface area contributed by atoms with E-state index in [-0.39, 0.29) is 11.3 Å². The second kappa shape index (κ2) is 11.7. The molecule has 3 N–H and O–H groups in total. The summed E-state index contributed by atoms with van der Waals surface area (Å²) in [6.07, 6.45) is -0.324. The first kappa shape index (κ1) is 27.7. The molecule has 0 aromatic heterocycles. The van der Waals surface area contributed by atoms with Crippen molar-refractivity contribution in [2.24, 2.45) is 5.92 Å². The molecular formula is C21H30F3N3O6S. The summed E-state index contributed by atoms with van der Waals surface area (Å²) in [4.78, 5) is 25.3. The van der Waals surface area contributed by atoms with Gasteiger partial charge in [0.1, 0.15) is 0 Å². The highest BCUT2D eigenvalue weighted by molar-refractivity contribution is 7.92. The zero-order valence-corrected chi connectivity index (χ0v) is 19.7. The number of carboxylic acid groups (broad SMARTS) is 2. The number of aliphatic carboxylic acids is 1. The number of likely N-dealkylation sites (tertiary alicyclic amines) is 1. The van der Waals surface area contributed by atoms with Gasteiger partial charge in [0.15, 0.2) is 0 Å². The molecular weight excluding hydrogens is 479 g/mol. The number of carboxylic acids is 2. The number of halogens is 3. The maximum absolute atomic E-state index is 11.8. The summed E-state index contributed by atoms with van der Waals surface area (Å²) in [6, 6.07) is 4.81. The van der Waals surface area contributed by atoms with Gasteiger partial charge in [0.2, 0.25) is 10.0 Å². The number of hydrogen-bond acceptors (Lipinski definition) is 6. The fourth-order valence-corrected chi connectivity index (χ4v) is 4.69. The predicted octanol–water partition coefficient (Wildman–Crippen LogP) is 3.09. The molecule has 0 saturated carbocycles. The second-order valence-corrected chi connectivity index (χ2v) is 10.3. The number of rotatable bonds is 7. The Hall–Kier alpha value is -2.54. The molecule has 1 aromatic rings. The molecule has 2 fully saturated rings. The van der Waals surface area contributed by atoms with E-state index in [1.165, 1.54) is 38.4 Å². The first-order valence-electron chi connectivity index (χ1n) is 11.0. The van der Waals surface area contributed by atoms with Gasteiger partial charge in [-0.15, -0.1) is 0 Å². The average molecular weight is 510 g/mol. The topological polar surface area (TPSA) is 127 Å². The van der Waals surface area contributed by atoms with Crippen LogP contribution in [0.25, 0.3) is 0 Å². The predicted molar refractivity (Wildman–Crippen MR) is 121 cm³/mol. The van der Waals surface area contributed by atoms with Crippen molar-refractivity contribution >= 4 is 33.3 Å². The molecule has 0 aliphatic carbocycles. The van der Waals surface area contributed by atoms with Gasteiger partial charge in [0.05, 0.1) is 17.0 Å². The Bertz CT molecular complexity index is 965. The molecule has 1 atom stereocenters. The van der Waals surface area contributed by atoms with Crippen LogP contribution >= 0.6 is 0 Å². The molecule has 1 aromatic carbocycles. The lowest BCUT2D eigenvalue weighted by Gasteiger charge is -2.36. The number of hydrogen-bond donors (Lipinski definition) is 3. The van der Waals surface area contributed by atoms with Crippen LogP contribution in [0.1, 0.15) is 43.0 Å². The molecule has 2 saturated heterocycles. The van der Waals surface area contributed by atoms with E-state index in [1.54, 1.807) is 19.1 Å². The van der Waals surface area contributed by atoms with Crippen LogP contribution < -0.4 is 9.62 Å². The Morgan fingerprint density at radius 1 is 1.12 bits per heavy atom. The molecule has 2 heterocycles. The van der Waals surface area contributed by atoms with Crippen molar-refractivity contribution in [2.45, 2.75) is 38.8 Å². The number of piperidine rings is 1. The van der Waals surface area contributed by atoms with Crippen LogP contribution in [0.15, 0.2) is 18.2 Å². The molecule has 13 heteroatoms. The van der Waals surface area contributed by atoms with Crippen molar-refractivity contribution in [1.29, 1.82) is 0 Å². The SMILES string of the molecule is CCS(=O)(=O)Nc1ccc(N2CCCC(CN3CCCC3)C2)c(C(=O)O)c1.O=C(O)C(F)(F)F. The van der Waals surface area contributed by atoms with Crippen LogP contribution in [0, 0.1) is 5.92 Å². The number of carbonyl (C=O) groups is 2. The van der Waals surface area contributed by atoms with E-state index in [2.05, 4.69) is 14.5 Å². The molecule has 0 radical (unpaired) electrons. The van der Waals surface area contributed by atoms with Gasteiger partial charge >= 0.3 is 18.1 Å². The van der Waals surface area contributed by atoms with Gasteiger partial charge in [0.25, 0.3) is 0 Å². The first-order valence-corrected chi connectivity index (χ1v) is 12.6. The quantitative estimate of drug-likeness (QED) is 0.512. The van der Waals surface area contributed by atoms with Gasteiger partial charge in [-0.1, -0.05) is 0 Å². The summed E-state index contributed by atoms with van der Waals surface area (Å²) in [5.74, 6) is -3.31. The zero-order chi connectivity index (χ0) is 25.5. The smallest absolute Gasteiger partial charge is 0.478 e. The largest absolute Gasteiger partial charge is 0.490 e. The molecule has 0 bridgehead atoms. The number of nitrogens with one attached hydrogen (secondary N) is 1. The zero-order valence-electron chi connectivity index (χ0n) is 18.8. The van der Waals surface area contributed by atoms with Crippen molar-refractivity contribution < 1.29 is 41.4 Å². The molecule has 0 spiro atoms. The summed E-state index contributed by atoms with van der Waals surface area (Å²) >= 11 is 0. The van der Waals surface area contributed by atoms with Gasteiger partial charge < -0.3 is 20.0 Å². The number of benzene rings is 1. The Kier molecular flexibility index (Phi) is 9.56. The number of anilines is 2. The molecule has 3 rings (SSSR count). The fourth-order valence-electron chi connectivity index (χ4n) is 4.06. The lowest BCUT2D eigenvalue weighted by atomic mass is 9.96. The highest BCUT2D eigenvalue weighted by atomic mass is 32.2. The van der Waals surface area contributed by atoms with E-state index in [0.29, 0.717) is 17.3 Å². The maximum Gasteiger partial charge on any atom is 0.490 e. The molecule has 2 aliphatic rings. The van der Waals surface area contributed by atoms with E-state index in [1.807, 2.05) is 0 Å². The van der Waals surface area contributed by atoms with Crippen molar-refractivity contribution in [3.05, 3.63) is 23.8 Å². The normalized spacial score (nSPS) is 19.3. The standard InChI is InChI=1S/C19H29N3O4S.C2HF3O2/c1-2-27(25,26)20-16-7-8-18(17(12-16)19(23)24)22-11-5-6-15(14-22)13-21-9-3-4-10-21;3-2(4,5)1(6)7/h7-8,12,15,20H,2-6,9-11,13-14H2,1H3,(H,23,24);(H,6,7). The number of nitrogens with zero attached hydrogens (tertiary/aromatic N) is 2. The number of alkyl halides is 3. The lowest BCUT2D eigenvalue weighted by molar-refractivity contribution is -0.192. The van der Waals surface area contributed by atoms with Crippen molar-refractivity contribution in [2.75, 3.05) is 48.1 Å². The summed E-state index contributed by atoms with van der Waals surface area (Å²) < 4.78 is 57.7. The summed E-state index contributed by atoms with van der Waals surface area (Å²) in [6.45, 7) is 6.64. The van der Waals surface area contributed by atoms with Gasteiger partial charge in [-0.25, -0.2) is 18.0 Å². The van der Waals surface area contributed by atoms with Gasteiger partial charge in [-0.2, -0.15) is 13.2 Å². The van der Waals surface area contributed by atoms with Crippen molar-refractivity contribution in [1.82, 2.24) is 4.90 Å². The molecule has 9 nitrogen and oxygen atoms in total. The van der Waals surface area contributed by atoms with E-state index in [9.17, 15) is 31.5 Å². The van der Waals surface area contributed by atoms with Crippen LogP contribution in [-0.2, 0) is 14.8 Å². The third-order valence-electron chi connectivity index (χ3n) is 5.70. The average Bonchev–Trinajstić information content (AvgIpc) is 3.26. The minimum atomic E-state index is -5.08. The lowest BCUT2D eigenvalue weighted by Crippen LogP contribution is -2.41. The first-order chi connectivity index (χ1) is 15.8. The molecule has 192 valence electrons. The molecule has 1 unspecified atom stereocenters. The highest BCUT2D eigenvalue weighted by Gasteiger charge is 2.38. The minimum Gasteiger partial charge on any atom is -0.478 e.